The van der Waals surface area contributed by atoms with Crippen LogP contribution in [0, 0.1) is 0 Å². The molecular weight excluding hydrogens is 352 g/mol. The average Bonchev–Trinajstić information content (AvgIpc) is 2.48. The third kappa shape index (κ3) is 10.8. The topological polar surface area (TPSA) is 186 Å². The molecule has 12 heteroatoms. The first-order valence-electron chi connectivity index (χ1n) is 7.64. The van der Waals surface area contributed by atoms with Gasteiger partial charge in [-0.25, -0.2) is 9.80 Å². The molecule has 146 valence electrons. The van der Waals surface area contributed by atoms with E-state index in [0.717, 1.165) is 0 Å². The first-order valence-corrected chi connectivity index (χ1v) is 8.04. The number of carbonyl (C=O) groups is 2. The number of amides is 1. The Labute approximate surface area is 151 Å². The van der Waals surface area contributed by atoms with E-state index in [9.17, 15) is 14.7 Å². The molecule has 1 unspecified atom stereocenters. The van der Waals surface area contributed by atoms with Crippen LogP contribution in [0.1, 0.15) is 13.3 Å². The van der Waals surface area contributed by atoms with Gasteiger partial charge in [0.15, 0.2) is 11.2 Å². The lowest BCUT2D eigenvalue weighted by Gasteiger charge is -2.28. The summed E-state index contributed by atoms with van der Waals surface area (Å²) in [4.78, 5) is 22.3. The maximum Gasteiger partial charge on any atom is 0.328 e. The molecule has 1 amide bonds. The number of nitrogens with two attached hydrogens (primary N) is 2. The van der Waals surface area contributed by atoms with Gasteiger partial charge in [-0.15, -0.1) is 0 Å². The summed E-state index contributed by atoms with van der Waals surface area (Å²) >= 11 is 5.03. The van der Waals surface area contributed by atoms with Gasteiger partial charge in [-0.1, -0.05) is 0 Å². The van der Waals surface area contributed by atoms with Crippen LogP contribution in [0.15, 0.2) is 0 Å². The zero-order valence-corrected chi connectivity index (χ0v) is 15.1. The van der Waals surface area contributed by atoms with E-state index in [0.29, 0.717) is 6.54 Å². The van der Waals surface area contributed by atoms with Gasteiger partial charge in [-0.2, -0.15) is 0 Å². The third-order valence-corrected chi connectivity index (χ3v) is 3.41. The van der Waals surface area contributed by atoms with E-state index in [1.165, 1.54) is 6.92 Å². The molecule has 0 aromatic rings. The minimum absolute atomic E-state index is 0.0278. The monoisotopic (exact) mass is 380 g/mol. The molecule has 0 heterocycles. The maximum absolute atomic E-state index is 11.2. The molecule has 0 aliphatic heterocycles. The number of likely N-dealkylation sites (N-methyl/N-ethyl adjacent to an activating group) is 1. The van der Waals surface area contributed by atoms with Crippen molar-refractivity contribution in [3.8, 4) is 0 Å². The minimum atomic E-state index is -1.28. The quantitative estimate of drug-likeness (QED) is 0.123. The summed E-state index contributed by atoms with van der Waals surface area (Å²) in [6.07, 6.45) is -1.22. The molecule has 0 bridgehead atoms. The average molecular weight is 380 g/mol. The Morgan fingerprint density at radius 2 is 1.92 bits per heavy atom. The highest BCUT2D eigenvalue weighted by molar-refractivity contribution is 7.80. The Hall–Kier alpha value is -1.57. The lowest BCUT2D eigenvalue weighted by atomic mass is 10.2. The van der Waals surface area contributed by atoms with Crippen molar-refractivity contribution in [1.29, 1.82) is 0 Å². The summed E-state index contributed by atoms with van der Waals surface area (Å²) in [5.41, 5.74) is 13.7. The van der Waals surface area contributed by atoms with Crippen molar-refractivity contribution in [3.63, 3.8) is 0 Å². The highest BCUT2D eigenvalue weighted by Crippen LogP contribution is 1.97. The fraction of sp³-hybridized carbons (Fsp3) is 0.769. The second-order valence-corrected chi connectivity index (χ2v) is 6.14. The number of carboxylic acid groups (broad SMARTS) is 1. The molecule has 0 saturated heterocycles. The summed E-state index contributed by atoms with van der Waals surface area (Å²) in [5, 5.41) is 34.3. The summed E-state index contributed by atoms with van der Waals surface area (Å²) in [5.74, 6) is -1.83. The van der Waals surface area contributed by atoms with E-state index in [1.807, 2.05) is 0 Å². The Balaban J connectivity index is 4.67. The molecule has 11 nitrogen and oxygen atoms in total. The number of hydrazine groups is 1. The Morgan fingerprint density at radius 3 is 2.36 bits per heavy atom. The normalized spacial score (nSPS) is 15.9. The Kier molecular flexibility index (Phi) is 11.1. The van der Waals surface area contributed by atoms with Gasteiger partial charge in [0.25, 0.3) is 0 Å². The lowest BCUT2D eigenvalue weighted by molar-refractivity contribution is -0.141. The number of thiocarbonyl (C=S) groups is 1. The van der Waals surface area contributed by atoms with Crippen molar-refractivity contribution in [1.82, 2.24) is 21.1 Å². The van der Waals surface area contributed by atoms with E-state index in [-0.39, 0.29) is 24.7 Å². The third-order valence-electron chi connectivity index (χ3n) is 3.17. The smallest absolute Gasteiger partial charge is 0.328 e. The summed E-state index contributed by atoms with van der Waals surface area (Å²) in [7, 11) is 1.70. The number of primary amides is 1. The van der Waals surface area contributed by atoms with Crippen LogP contribution in [0.2, 0.25) is 0 Å². The molecule has 4 atom stereocenters. The minimum Gasteiger partial charge on any atom is -0.480 e. The Bertz CT molecular complexity index is 453. The predicted molar refractivity (Wildman–Crippen MR) is 95.3 cm³/mol. The van der Waals surface area contributed by atoms with E-state index in [2.05, 4.69) is 16.1 Å². The Morgan fingerprint density at radius 1 is 1.32 bits per heavy atom. The van der Waals surface area contributed by atoms with Gasteiger partial charge in [0.05, 0.1) is 18.8 Å². The summed E-state index contributed by atoms with van der Waals surface area (Å²) < 4.78 is 0. The van der Waals surface area contributed by atoms with Gasteiger partial charge in [-0.3, -0.25) is 10.2 Å². The maximum atomic E-state index is 11.2. The summed E-state index contributed by atoms with van der Waals surface area (Å²) in [6.45, 7) is 1.75. The second-order valence-electron chi connectivity index (χ2n) is 5.73. The molecular formula is C13H28N6O5S. The van der Waals surface area contributed by atoms with Gasteiger partial charge < -0.3 is 37.4 Å². The van der Waals surface area contributed by atoms with Crippen LogP contribution >= 0.6 is 12.2 Å². The molecule has 25 heavy (non-hydrogen) atoms. The predicted octanol–water partition coefficient (Wildman–Crippen LogP) is -3.72. The lowest BCUT2D eigenvalue weighted by Crippen LogP contribution is -2.56. The van der Waals surface area contributed by atoms with Crippen LogP contribution in [-0.2, 0) is 9.59 Å². The number of nitrogens with zero attached hydrogens (tertiary/aromatic N) is 1. The van der Waals surface area contributed by atoms with E-state index in [4.69, 9.17) is 33.9 Å². The second kappa shape index (κ2) is 11.9. The van der Waals surface area contributed by atoms with Crippen molar-refractivity contribution in [3.05, 3.63) is 0 Å². The highest BCUT2D eigenvalue weighted by atomic mass is 32.1. The zero-order chi connectivity index (χ0) is 19.6. The fourth-order valence-electron chi connectivity index (χ4n) is 1.89. The molecule has 0 radical (unpaired) electrons. The van der Waals surface area contributed by atoms with Crippen LogP contribution in [0.25, 0.3) is 0 Å². The number of aliphatic carboxylic acids is 1. The molecule has 0 aromatic carbocycles. The zero-order valence-electron chi connectivity index (χ0n) is 14.3. The van der Waals surface area contributed by atoms with Crippen molar-refractivity contribution < 1.29 is 24.9 Å². The van der Waals surface area contributed by atoms with Crippen LogP contribution in [0.5, 0.6) is 0 Å². The number of carbonyl (C=O) groups excluding carboxylic acids is 1. The molecule has 0 fully saturated rings. The van der Waals surface area contributed by atoms with Gasteiger partial charge in [0.2, 0.25) is 5.91 Å². The number of nitrogens with one attached hydrogen (secondary N) is 3. The summed E-state index contributed by atoms with van der Waals surface area (Å²) in [6, 6.07) is -2.23. The van der Waals surface area contributed by atoms with Gasteiger partial charge in [0, 0.05) is 32.6 Å². The number of hydrogen-bond acceptors (Lipinski definition) is 8. The highest BCUT2D eigenvalue weighted by Gasteiger charge is 2.25. The number of hydrogen-bond donors (Lipinski definition) is 8. The largest absolute Gasteiger partial charge is 0.480 e. The fourth-order valence-corrected chi connectivity index (χ4v) is 2.19. The first kappa shape index (κ1) is 23.4. The molecule has 0 rings (SSSR count). The molecule has 0 aliphatic carbocycles. The SMILES string of the molecule is CC(O)[C@H](NC(=S)N[C@@H](CC(N)=O)CN(C)NC[C@@H](N)CO)C(=O)O. The number of carboxylic acids is 1. The van der Waals surface area contributed by atoms with Crippen LogP contribution in [0.4, 0.5) is 0 Å². The molecule has 0 aliphatic rings. The van der Waals surface area contributed by atoms with Crippen molar-refractivity contribution >= 4 is 29.2 Å². The van der Waals surface area contributed by atoms with E-state index in [1.54, 1.807) is 12.1 Å². The van der Waals surface area contributed by atoms with Crippen molar-refractivity contribution in [2.24, 2.45) is 11.5 Å². The van der Waals surface area contributed by atoms with Crippen LogP contribution in [0.3, 0.4) is 0 Å². The van der Waals surface area contributed by atoms with Gasteiger partial charge in [0.1, 0.15) is 0 Å². The molecule has 0 spiro atoms. The van der Waals surface area contributed by atoms with Crippen molar-refractivity contribution in [2.45, 2.75) is 37.6 Å². The number of rotatable bonds is 12. The van der Waals surface area contributed by atoms with Gasteiger partial charge >= 0.3 is 5.97 Å². The van der Waals surface area contributed by atoms with Crippen LogP contribution < -0.4 is 27.5 Å². The van der Waals surface area contributed by atoms with Gasteiger partial charge in [-0.05, 0) is 19.1 Å². The van der Waals surface area contributed by atoms with E-state index < -0.39 is 36.1 Å². The number of aliphatic hydroxyl groups is 2. The molecule has 10 N–H and O–H groups in total. The first-order chi connectivity index (χ1) is 11.6. The van der Waals surface area contributed by atoms with E-state index >= 15 is 0 Å². The molecule has 0 saturated carbocycles. The number of aliphatic hydroxyl groups excluding tert-OH is 2. The van der Waals surface area contributed by atoms with Crippen molar-refractivity contribution in [2.75, 3.05) is 26.7 Å². The van der Waals surface area contributed by atoms with Crippen LogP contribution in [-0.4, -0.2) is 88.3 Å². The standard InChI is InChI=1S/C13H28N6O5S/c1-7(21)11(12(23)24)18-13(25)17-9(3-10(15)22)5-19(2)16-4-8(14)6-20/h7-9,11,16,20-21H,3-6,14H2,1-2H3,(H2,15,22)(H,23,24)(H2,17,18,25)/t7?,8-,9+,11+/m1/s1. The molecule has 0 aromatic heterocycles.